The number of likely N-dealkylation sites (N-methyl/N-ethyl adjacent to an activating group) is 2. The van der Waals surface area contributed by atoms with Gasteiger partial charge in [-0.25, -0.2) is 4.98 Å². The van der Waals surface area contributed by atoms with Crippen molar-refractivity contribution in [2.24, 2.45) is 17.8 Å². The number of carboxylic acid groups (broad SMARTS) is 2. The number of carboxylic acids is 2. The third-order valence-corrected chi connectivity index (χ3v) is 26.0. The fourth-order valence-electron chi connectivity index (χ4n) is 15.7. The molecule has 18 amide bonds. The summed E-state index contributed by atoms with van der Waals surface area (Å²) in [5, 5.41) is 54.7. The summed E-state index contributed by atoms with van der Waals surface area (Å²) in [5.74, 6) is -22.1. The van der Waals surface area contributed by atoms with E-state index in [1.165, 1.54) is 43.2 Å². The van der Waals surface area contributed by atoms with Gasteiger partial charge in [0, 0.05) is 165 Å². The SMILES string of the molecule is CC[C@H](C)[C@H](NC(=O)C(C)(C)N(C)C)C(=O)N(C)[C@H](C[C@@H](OC(C)=O)c1nc(C(=O)NC(Cc2ccc3c(c2)NC(=O)CCCNC(=O)[C@H](CCCCNC(=O)COCCCC(=O)CC(C)=O)NC(=O)C(C)NC(=O)C(NC(=O)CCN2C(=O)C=CC2=O)C(NC(=O)CCN2C(=O)C=CC2=O)C(=O)NC(C)C(=O)N[C@@H](CCCCNC(=O)COCCCCC(=O)CC(=O)O)C(=O)NCCCC(=O)C3)C[C@H](C)C(=O)O)cs1)C(C)C. The van der Waals surface area contributed by atoms with Crippen molar-refractivity contribution < 1.29 is 144 Å². The molecule has 0 saturated carbocycles. The predicted molar refractivity (Wildman–Crippen MR) is 536 cm³/mol. The van der Waals surface area contributed by atoms with Crippen LogP contribution in [0.2, 0.25) is 0 Å². The number of carbonyl (C=O) groups is 25. The van der Waals surface area contributed by atoms with Gasteiger partial charge in [0.05, 0.1) is 17.9 Å². The zero-order valence-electron chi connectivity index (χ0n) is 87.1. The molecule has 3 aliphatic heterocycles. The van der Waals surface area contributed by atoms with Crippen LogP contribution in [0.15, 0.2) is 47.9 Å². The molecule has 15 N–H and O–H groups in total. The van der Waals surface area contributed by atoms with E-state index in [-0.39, 0.29) is 206 Å². The minimum absolute atomic E-state index is 0.000741. The summed E-state index contributed by atoms with van der Waals surface area (Å²) in [6, 6.07) is -9.17. The topological polar surface area (TPSA) is 677 Å². The normalized spacial score (nSPS) is 18.9. The number of carbonyl (C=O) groups excluding carboxylic acids is 23. The van der Waals surface area contributed by atoms with Crippen LogP contribution in [0.1, 0.15) is 250 Å². The van der Waals surface area contributed by atoms with Gasteiger partial charge >= 0.3 is 17.9 Å². The molecule has 12 atom stereocenters. The number of rotatable bonds is 54. The number of fused-ring (bicyclic) bond motifs is 1. The van der Waals surface area contributed by atoms with Crippen molar-refractivity contribution in [3.05, 3.63) is 69.7 Å². The van der Waals surface area contributed by atoms with Gasteiger partial charge in [-0.15, -0.1) is 11.3 Å². The number of hydrogen-bond acceptors (Lipinski definition) is 31. The van der Waals surface area contributed by atoms with Gasteiger partial charge < -0.3 is 98.4 Å². The fourth-order valence-corrected chi connectivity index (χ4v) is 16.5. The van der Waals surface area contributed by atoms with Crippen LogP contribution in [0, 0.1) is 17.8 Å². The zero-order chi connectivity index (χ0) is 111. The summed E-state index contributed by atoms with van der Waals surface area (Å²) < 4.78 is 16.7. The van der Waals surface area contributed by atoms with Crippen molar-refractivity contribution in [3.8, 4) is 0 Å². The van der Waals surface area contributed by atoms with E-state index in [1.54, 1.807) is 46.0 Å². The molecule has 5 unspecified atom stereocenters. The number of ketones is 4. The van der Waals surface area contributed by atoms with Crippen LogP contribution in [0.4, 0.5) is 5.69 Å². The van der Waals surface area contributed by atoms with Crippen LogP contribution in [-0.2, 0) is 142 Å². The van der Waals surface area contributed by atoms with Gasteiger partial charge in [0.25, 0.3) is 29.5 Å². The molecule has 0 aliphatic carbocycles. The summed E-state index contributed by atoms with van der Waals surface area (Å²) >= 11 is 0.989. The molecule has 48 nitrogen and oxygen atoms in total. The third-order valence-electron chi connectivity index (χ3n) is 25.1. The lowest BCUT2D eigenvalue weighted by Gasteiger charge is -2.38. The van der Waals surface area contributed by atoms with Crippen LogP contribution in [0.5, 0.6) is 0 Å². The number of thiazole rings is 1. The average molecular weight is 2110 g/mol. The van der Waals surface area contributed by atoms with Crippen molar-refractivity contribution >= 4 is 164 Å². The molecule has 2 aromatic rings. The molecule has 1 aromatic carbocycles. The Labute approximate surface area is 868 Å². The van der Waals surface area contributed by atoms with Crippen molar-refractivity contribution in [3.63, 3.8) is 0 Å². The second kappa shape index (κ2) is 63.8. The van der Waals surface area contributed by atoms with E-state index in [2.05, 4.69) is 74.1 Å². The molecule has 5 rings (SSSR count). The third kappa shape index (κ3) is 44.6. The first-order valence-corrected chi connectivity index (χ1v) is 50.9. The second-order valence-corrected chi connectivity index (χ2v) is 39.1. The van der Waals surface area contributed by atoms with E-state index in [0.717, 1.165) is 49.5 Å². The smallest absolute Gasteiger partial charge is 0.310 e. The molecule has 4 heterocycles. The Morgan fingerprint density at radius 2 is 1.09 bits per heavy atom. The Morgan fingerprint density at radius 1 is 0.591 bits per heavy atom. The number of benzene rings is 1. The first-order chi connectivity index (χ1) is 70.3. The van der Waals surface area contributed by atoms with Gasteiger partial charge in [0.1, 0.15) is 95.8 Å². The lowest BCUT2D eigenvalue weighted by molar-refractivity contribution is -0.150. The summed E-state index contributed by atoms with van der Waals surface area (Å²) in [4.78, 5) is 346. The van der Waals surface area contributed by atoms with Crippen LogP contribution < -0.4 is 69.1 Å². The molecule has 0 radical (unpaired) electrons. The maximum absolute atomic E-state index is 15.1. The summed E-state index contributed by atoms with van der Waals surface area (Å²) in [6.07, 6.45) is 0.331. The first-order valence-electron chi connectivity index (χ1n) is 50.0. The lowest BCUT2D eigenvalue weighted by atomic mass is 9.92. The van der Waals surface area contributed by atoms with Crippen LogP contribution in [-0.4, -0.2) is 329 Å². The van der Waals surface area contributed by atoms with E-state index < -0.39 is 247 Å². The average Bonchev–Trinajstić information content (AvgIpc) is 1.79. The largest absolute Gasteiger partial charge is 0.481 e. The minimum Gasteiger partial charge on any atom is -0.481 e. The number of nitrogens with zero attached hydrogens (tertiary/aromatic N) is 5. The van der Waals surface area contributed by atoms with Crippen LogP contribution >= 0.6 is 11.3 Å². The second-order valence-electron chi connectivity index (χ2n) is 38.2. The number of hydrogen-bond donors (Lipinski definition) is 15. The Balaban J connectivity index is 1.55. The van der Waals surface area contributed by atoms with E-state index in [0.29, 0.717) is 34.6 Å². The number of anilines is 1. The molecule has 0 saturated heterocycles. The van der Waals surface area contributed by atoms with Crippen molar-refractivity contribution in [1.82, 2.24) is 88.4 Å². The van der Waals surface area contributed by atoms with Gasteiger partial charge in [-0.05, 0) is 161 Å². The Morgan fingerprint density at radius 3 is 1.58 bits per heavy atom. The Hall–Kier alpha value is -13.8. The quantitative estimate of drug-likeness (QED) is 0.0186. The van der Waals surface area contributed by atoms with Gasteiger partial charge in [0.15, 0.2) is 6.10 Å². The van der Waals surface area contributed by atoms with E-state index in [4.69, 9.17) is 19.3 Å². The molecule has 0 spiro atoms. The summed E-state index contributed by atoms with van der Waals surface area (Å²) in [6.45, 7) is 14.6. The van der Waals surface area contributed by atoms with E-state index >= 15 is 9.59 Å². The Bertz CT molecular complexity index is 5150. The molecular weight excluding hydrogens is 1970 g/mol. The number of ether oxygens (including phenoxy) is 3. The van der Waals surface area contributed by atoms with Gasteiger partial charge in [-0.1, -0.05) is 53.2 Å². The van der Waals surface area contributed by atoms with E-state index in [1.807, 2.05) is 27.7 Å². The number of nitrogens with one attached hydrogen (secondary N) is 13. The zero-order valence-corrected chi connectivity index (χ0v) is 88.0. The molecular formula is C100H146N18O30S. The maximum Gasteiger partial charge on any atom is 0.310 e. The van der Waals surface area contributed by atoms with Crippen LogP contribution in [0.3, 0.4) is 0 Å². The highest BCUT2D eigenvalue weighted by molar-refractivity contribution is 7.09. The lowest BCUT2D eigenvalue weighted by Crippen LogP contribution is -2.66. The molecule has 149 heavy (non-hydrogen) atoms. The number of Topliss-reactive ketones (excluding diaryl/α,β-unsaturated/α-hetero) is 4. The van der Waals surface area contributed by atoms with Gasteiger partial charge in [-0.3, -0.25) is 135 Å². The monoisotopic (exact) mass is 2110 g/mol. The van der Waals surface area contributed by atoms with Crippen molar-refractivity contribution in [2.45, 2.75) is 296 Å². The standard InChI is InChI=1S/C100H146N18O30S/c1-15-58(4)86(114-99(145)100(10,11)115(12)13)97(142)116(14)74(57(2)3)53-75(148-63(9)120)96-111-73(56-149-96)93(139)107-66(47-59(5)98(143)144)49-64-31-32-65-51-68(122)26-22-41-103-91(137)70(28-16-19-39-101-79(127)54-146-45-21-18-25-69(123)52-85(133)134)109-89(135)61(7)105-94(140)87(112-77(125)37-43-117-81(129)33-34-82(117)130)88(113-78(126)38-44-118-83(131)35-36-84(118)132)95(141)106-62(8)90(136)110-71(92(138)104-42-23-30-76(124)108-72(65)50-64)29-17-20-40-102-80(128)55-147-46-24-27-67(121)48-60(6)119/h31-36,50,56-59,61-62,66,70-71,74-75,86-88H,15-30,37-49,51-55H2,1-14H3,(H,101,127)(H,102,128)(H,103,137)(H,104,138)(H,105,140)(H,106,141)(H,107,139)(H,108,124)(H,109,135)(H,110,136)(H,112,125)(H,113,126)(H,114,145)(H,133,134)(H,143,144)/t58-,59-,61?,62?,66?,70-,71-,74+,75+,86-,87?,88?/m0/s1. The number of esters is 1. The molecule has 49 heteroatoms. The number of imide groups is 2. The van der Waals surface area contributed by atoms with E-state index in [9.17, 15) is 115 Å². The molecule has 822 valence electrons. The highest BCUT2D eigenvalue weighted by Gasteiger charge is 2.43. The summed E-state index contributed by atoms with van der Waals surface area (Å²) in [7, 11) is 5.09. The maximum atomic E-state index is 15.1. The fraction of sp³-hybridized carbons (Fsp3) is 0.620. The molecule has 0 fully saturated rings. The number of aromatic nitrogens is 1. The number of amides is 18. The first kappa shape index (κ1) is 126. The highest BCUT2D eigenvalue weighted by Crippen LogP contribution is 2.33. The predicted octanol–water partition coefficient (Wildman–Crippen LogP) is 0.527. The Kier molecular flexibility index (Phi) is 53.8. The van der Waals surface area contributed by atoms with Gasteiger partial charge in [-0.2, -0.15) is 0 Å². The van der Waals surface area contributed by atoms with Crippen LogP contribution in [0.25, 0.3) is 0 Å². The highest BCUT2D eigenvalue weighted by atomic mass is 32.1. The van der Waals surface area contributed by atoms with Crippen molar-refractivity contribution in [1.29, 1.82) is 0 Å². The summed E-state index contributed by atoms with van der Waals surface area (Å²) in [5.41, 5.74) is -0.411. The number of unbranched alkanes of at least 4 members (excludes halogenated alkanes) is 3. The molecule has 0 bridgehead atoms. The van der Waals surface area contributed by atoms with Gasteiger partial charge in [0.2, 0.25) is 76.8 Å². The number of aliphatic carboxylic acids is 2. The van der Waals surface area contributed by atoms with Crippen molar-refractivity contribution in [2.75, 3.05) is 92.2 Å². The molecule has 1 aromatic heterocycles. The molecule has 3 aliphatic rings. The minimum atomic E-state index is -2.36.